The Kier molecular flexibility index (Phi) is 7.26. The van der Waals surface area contributed by atoms with Crippen LogP contribution in [-0.2, 0) is 4.79 Å². The van der Waals surface area contributed by atoms with Crippen molar-refractivity contribution in [2.24, 2.45) is 0 Å². The highest BCUT2D eigenvalue weighted by Gasteiger charge is 1.95. The molecule has 0 atom stereocenters. The van der Waals surface area contributed by atoms with E-state index in [-0.39, 0.29) is 5.24 Å². The van der Waals surface area contributed by atoms with Crippen LogP contribution in [0.4, 0.5) is 0 Å². The maximum absolute atomic E-state index is 10.5. The van der Waals surface area contributed by atoms with Gasteiger partial charge in [0.1, 0.15) is 0 Å². The van der Waals surface area contributed by atoms with Crippen molar-refractivity contribution in [3.05, 3.63) is 0 Å². The Morgan fingerprint density at radius 1 is 1.00 bits per heavy atom. The van der Waals surface area contributed by atoms with Crippen LogP contribution in [0.1, 0.15) is 75.2 Å². The molecule has 0 aromatic carbocycles. The second-order valence-electron chi connectivity index (χ2n) is 3.68. The van der Waals surface area contributed by atoms with E-state index in [0.29, 0.717) is 12.8 Å². The van der Waals surface area contributed by atoms with E-state index in [4.69, 9.17) is 15.7 Å². The topological polar surface area (TPSA) is 17.1 Å². The maximum Gasteiger partial charge on any atom is 0.221 e. The minimum atomic E-state index is -1.76. The van der Waals surface area contributed by atoms with Gasteiger partial charge in [-0.05, 0) is 18.0 Å². The van der Waals surface area contributed by atoms with Crippen molar-refractivity contribution in [2.45, 2.75) is 71.1 Å². The molecule has 0 amide bonds. The van der Waals surface area contributed by atoms with Gasteiger partial charge < -0.3 is 0 Å². The first-order chi connectivity index (χ1) is 7.92. The van der Waals surface area contributed by atoms with Crippen LogP contribution in [0.15, 0.2) is 0 Å². The molecule has 0 spiro atoms. The largest absolute Gasteiger partial charge is 0.281 e. The average Bonchev–Trinajstić information content (AvgIpc) is 2.18. The lowest BCUT2D eigenvalue weighted by molar-refractivity contribution is -0.111. The summed E-state index contributed by atoms with van der Waals surface area (Å²) in [4.78, 5) is 10.5. The van der Waals surface area contributed by atoms with Gasteiger partial charge in [0, 0.05) is 10.5 Å². The van der Waals surface area contributed by atoms with Gasteiger partial charge in [0.25, 0.3) is 0 Å². The van der Waals surface area contributed by atoms with Crippen molar-refractivity contribution < 1.29 is 8.91 Å². The first-order valence-electron chi connectivity index (χ1n) is 7.10. The third-order valence-electron chi connectivity index (χ3n) is 2.30. The molecular formula is C12H23ClO. The highest BCUT2D eigenvalue weighted by atomic mass is 35.5. The zero-order valence-electron chi connectivity index (χ0n) is 11.9. The van der Waals surface area contributed by atoms with Crippen molar-refractivity contribution in [3.8, 4) is 0 Å². The summed E-state index contributed by atoms with van der Waals surface area (Å²) in [6.07, 6.45) is 9.18. The van der Waals surface area contributed by atoms with Crippen molar-refractivity contribution >= 4 is 16.8 Å². The number of carbonyl (C=O) groups excluding carboxylic acids is 1. The van der Waals surface area contributed by atoms with Crippen molar-refractivity contribution in [2.75, 3.05) is 0 Å². The molecule has 0 fully saturated rings. The molecule has 0 saturated heterocycles. The third kappa shape index (κ3) is 12.0. The normalized spacial score (nSPS) is 14.5. The highest BCUT2D eigenvalue weighted by molar-refractivity contribution is 6.63. The molecule has 0 heterocycles. The standard InChI is InChI=1S/C12H23ClO/c1-2-3-4-5-6-7-8-9-10-11-12(13)14/h2-11H2,1H3/i1D3. The van der Waals surface area contributed by atoms with Crippen molar-refractivity contribution in [3.63, 3.8) is 0 Å². The second-order valence-corrected chi connectivity index (χ2v) is 4.11. The van der Waals surface area contributed by atoms with Gasteiger partial charge in [-0.15, -0.1) is 0 Å². The highest BCUT2D eigenvalue weighted by Crippen LogP contribution is 2.10. The number of unbranched alkanes of at least 4 members (excludes halogenated alkanes) is 7. The van der Waals surface area contributed by atoms with Gasteiger partial charge in [0.15, 0.2) is 0 Å². The van der Waals surface area contributed by atoms with Gasteiger partial charge in [0.05, 0.1) is 0 Å². The van der Waals surface area contributed by atoms with Crippen molar-refractivity contribution in [1.82, 2.24) is 0 Å². The van der Waals surface area contributed by atoms with Crippen LogP contribution < -0.4 is 0 Å². The van der Waals surface area contributed by atoms with E-state index in [0.717, 1.165) is 44.9 Å². The summed E-state index contributed by atoms with van der Waals surface area (Å²) in [6, 6.07) is 0. The molecule has 0 aliphatic rings. The molecule has 0 radical (unpaired) electrons. The summed E-state index contributed by atoms with van der Waals surface area (Å²) in [7, 11) is 0. The van der Waals surface area contributed by atoms with Crippen LogP contribution in [-0.4, -0.2) is 5.24 Å². The summed E-state index contributed by atoms with van der Waals surface area (Å²) >= 11 is 5.23. The van der Waals surface area contributed by atoms with Gasteiger partial charge in [-0.1, -0.05) is 58.2 Å². The molecular weight excluding hydrogens is 196 g/mol. The van der Waals surface area contributed by atoms with E-state index in [1.807, 2.05) is 0 Å². The predicted octanol–water partition coefficient (Wildman–Crippen LogP) is 4.67. The first kappa shape index (κ1) is 9.21. The van der Waals surface area contributed by atoms with Gasteiger partial charge in [0.2, 0.25) is 5.24 Å². The summed E-state index contributed by atoms with van der Waals surface area (Å²) in [5.74, 6) is 0. The zero-order chi connectivity index (χ0) is 13.1. The molecule has 84 valence electrons. The number of hydrogen-bond acceptors (Lipinski definition) is 1. The summed E-state index contributed by atoms with van der Waals surface area (Å²) < 4.78 is 21.2. The molecule has 0 bridgehead atoms. The van der Waals surface area contributed by atoms with Crippen LogP contribution in [0.25, 0.3) is 0 Å². The zero-order valence-corrected chi connectivity index (χ0v) is 9.61. The number of rotatable bonds is 10. The van der Waals surface area contributed by atoms with E-state index in [1.165, 1.54) is 6.42 Å². The molecule has 1 nitrogen and oxygen atoms in total. The SMILES string of the molecule is [2H]C([2H])([2H])CCCCCCCCCCC(=O)Cl. The number of hydrogen-bond donors (Lipinski definition) is 0. The molecule has 0 aliphatic carbocycles. The van der Waals surface area contributed by atoms with E-state index in [1.54, 1.807) is 0 Å². The lowest BCUT2D eigenvalue weighted by atomic mass is 10.1. The fourth-order valence-corrected chi connectivity index (χ4v) is 1.58. The van der Waals surface area contributed by atoms with E-state index in [9.17, 15) is 4.79 Å². The van der Waals surface area contributed by atoms with E-state index < -0.39 is 6.85 Å². The second kappa shape index (κ2) is 11.0. The Labute approximate surface area is 97.4 Å². The van der Waals surface area contributed by atoms with Gasteiger partial charge in [-0.25, -0.2) is 0 Å². The smallest absolute Gasteiger partial charge is 0.221 e. The lowest BCUT2D eigenvalue weighted by Gasteiger charge is -2.00. The van der Waals surface area contributed by atoms with Gasteiger partial charge in [-0.2, -0.15) is 0 Å². The number of halogens is 1. The monoisotopic (exact) mass is 221 g/mol. The Balaban J connectivity index is 3.06. The fraction of sp³-hybridized carbons (Fsp3) is 0.917. The Morgan fingerprint density at radius 2 is 1.50 bits per heavy atom. The molecule has 0 rings (SSSR count). The molecule has 0 aromatic rings. The minimum Gasteiger partial charge on any atom is -0.281 e. The molecule has 0 unspecified atom stereocenters. The summed E-state index contributed by atoms with van der Waals surface area (Å²) in [5.41, 5.74) is 0. The Bertz CT molecular complexity index is 204. The molecule has 0 saturated carbocycles. The minimum absolute atomic E-state index is 0.241. The lowest BCUT2D eigenvalue weighted by Crippen LogP contribution is -1.86. The molecule has 0 aromatic heterocycles. The molecule has 0 aliphatic heterocycles. The Hall–Kier alpha value is -0.0400. The molecule has 14 heavy (non-hydrogen) atoms. The third-order valence-corrected chi connectivity index (χ3v) is 2.49. The quantitative estimate of drug-likeness (QED) is 0.387. The van der Waals surface area contributed by atoms with E-state index in [2.05, 4.69) is 0 Å². The fourth-order valence-electron chi connectivity index (χ4n) is 1.45. The van der Waals surface area contributed by atoms with E-state index >= 15 is 0 Å². The van der Waals surface area contributed by atoms with Crippen LogP contribution in [0.5, 0.6) is 0 Å². The first-order valence-corrected chi connectivity index (χ1v) is 5.98. The number of carbonyl (C=O) groups is 1. The van der Waals surface area contributed by atoms with Crippen LogP contribution in [0.3, 0.4) is 0 Å². The maximum atomic E-state index is 10.5. The van der Waals surface area contributed by atoms with Gasteiger partial charge in [-0.3, -0.25) is 4.79 Å². The van der Waals surface area contributed by atoms with Crippen LogP contribution in [0, 0.1) is 0 Å². The van der Waals surface area contributed by atoms with Crippen LogP contribution >= 0.6 is 11.6 Å². The van der Waals surface area contributed by atoms with Gasteiger partial charge >= 0.3 is 0 Å². The average molecular weight is 222 g/mol. The van der Waals surface area contributed by atoms with Crippen LogP contribution in [0.2, 0.25) is 0 Å². The van der Waals surface area contributed by atoms with Crippen molar-refractivity contribution in [1.29, 1.82) is 0 Å². The summed E-state index contributed by atoms with van der Waals surface area (Å²) in [5, 5.41) is -0.241. The Morgan fingerprint density at radius 3 is 2.00 bits per heavy atom. The predicted molar refractivity (Wildman–Crippen MR) is 62.7 cm³/mol. The summed E-state index contributed by atoms with van der Waals surface area (Å²) in [6.45, 7) is -1.76. The molecule has 0 N–H and O–H groups in total. The molecule has 2 heteroatoms.